The molecule has 1 spiro atoms. The van der Waals surface area contributed by atoms with E-state index in [2.05, 4.69) is 0 Å². The maximum absolute atomic E-state index is 13.3. The molecule has 174 valence electrons. The molecule has 2 fully saturated rings. The van der Waals surface area contributed by atoms with Gasteiger partial charge in [-0.25, -0.2) is 0 Å². The summed E-state index contributed by atoms with van der Waals surface area (Å²) in [4.78, 5) is 28.4. The van der Waals surface area contributed by atoms with E-state index in [0.717, 1.165) is 6.07 Å². The van der Waals surface area contributed by atoms with Gasteiger partial charge < -0.3 is 15.5 Å². The van der Waals surface area contributed by atoms with Gasteiger partial charge in [-0.15, -0.1) is 0 Å². The SMILES string of the molecule is CC(C)(C)CC(=O)N1CC2(CCN(c3ccc(C#N)c(C(F)(F)F)c3)CC2)CC1C(N)=O. The van der Waals surface area contributed by atoms with Crippen LogP contribution in [0.25, 0.3) is 0 Å². The minimum atomic E-state index is -4.60. The second-order valence-electron chi connectivity index (χ2n) is 10.2. The number of rotatable bonds is 3. The van der Waals surface area contributed by atoms with E-state index in [1.165, 1.54) is 12.1 Å². The fraction of sp³-hybridized carbons (Fsp3) is 0.609. The van der Waals surface area contributed by atoms with Gasteiger partial charge in [0.25, 0.3) is 0 Å². The van der Waals surface area contributed by atoms with E-state index in [1.807, 2.05) is 25.7 Å². The molecule has 2 heterocycles. The third-order valence-electron chi connectivity index (χ3n) is 6.46. The fourth-order valence-corrected chi connectivity index (χ4v) is 4.79. The van der Waals surface area contributed by atoms with Crippen molar-refractivity contribution in [1.82, 2.24) is 4.90 Å². The number of anilines is 1. The van der Waals surface area contributed by atoms with Gasteiger partial charge in [0.15, 0.2) is 0 Å². The molecule has 0 radical (unpaired) electrons. The number of alkyl halides is 3. The lowest BCUT2D eigenvalue weighted by Gasteiger charge is -2.40. The van der Waals surface area contributed by atoms with Crippen LogP contribution in [0.1, 0.15) is 57.6 Å². The Bertz CT molecular complexity index is 938. The van der Waals surface area contributed by atoms with Crippen molar-refractivity contribution in [2.75, 3.05) is 24.5 Å². The molecule has 0 saturated carbocycles. The Morgan fingerprint density at radius 2 is 1.84 bits per heavy atom. The molecule has 1 aromatic rings. The van der Waals surface area contributed by atoms with Crippen LogP contribution >= 0.6 is 0 Å². The van der Waals surface area contributed by atoms with E-state index < -0.39 is 29.3 Å². The van der Waals surface area contributed by atoms with Crippen molar-refractivity contribution in [2.45, 2.75) is 58.7 Å². The first-order valence-electron chi connectivity index (χ1n) is 10.7. The molecule has 2 aliphatic rings. The molecular formula is C23H29F3N4O2. The van der Waals surface area contributed by atoms with Crippen LogP contribution in [0.15, 0.2) is 18.2 Å². The second-order valence-corrected chi connectivity index (χ2v) is 10.2. The summed E-state index contributed by atoms with van der Waals surface area (Å²) >= 11 is 0. The van der Waals surface area contributed by atoms with Gasteiger partial charge in [-0.2, -0.15) is 18.4 Å². The fourth-order valence-electron chi connectivity index (χ4n) is 4.79. The normalized spacial score (nSPS) is 21.0. The summed E-state index contributed by atoms with van der Waals surface area (Å²) < 4.78 is 40.0. The number of carbonyl (C=O) groups excluding carboxylic acids is 2. The number of carbonyl (C=O) groups is 2. The van der Waals surface area contributed by atoms with E-state index in [0.29, 0.717) is 51.0 Å². The highest BCUT2D eigenvalue weighted by Gasteiger charge is 2.49. The second kappa shape index (κ2) is 8.30. The Balaban J connectivity index is 1.75. The molecule has 32 heavy (non-hydrogen) atoms. The highest BCUT2D eigenvalue weighted by atomic mass is 19.4. The summed E-state index contributed by atoms with van der Waals surface area (Å²) in [6.07, 6.45) is -2.54. The van der Waals surface area contributed by atoms with Gasteiger partial charge in [-0.05, 0) is 48.3 Å². The van der Waals surface area contributed by atoms with Crippen molar-refractivity contribution in [3.8, 4) is 6.07 Å². The molecule has 3 rings (SSSR count). The summed E-state index contributed by atoms with van der Waals surface area (Å²) in [6, 6.07) is 4.71. The van der Waals surface area contributed by atoms with Crippen LogP contribution in [0, 0.1) is 22.2 Å². The Kier molecular flexibility index (Phi) is 6.20. The number of amides is 2. The van der Waals surface area contributed by atoms with Crippen molar-refractivity contribution in [3.63, 3.8) is 0 Å². The summed E-state index contributed by atoms with van der Waals surface area (Å²) in [5.74, 6) is -0.615. The summed E-state index contributed by atoms with van der Waals surface area (Å²) in [5, 5.41) is 9.00. The number of nitrogens with two attached hydrogens (primary N) is 1. The van der Waals surface area contributed by atoms with E-state index >= 15 is 0 Å². The van der Waals surface area contributed by atoms with Crippen LogP contribution in [0.5, 0.6) is 0 Å². The zero-order valence-electron chi connectivity index (χ0n) is 18.6. The smallest absolute Gasteiger partial charge is 0.371 e. The Labute approximate surface area is 186 Å². The number of primary amides is 1. The molecule has 9 heteroatoms. The first-order chi connectivity index (χ1) is 14.7. The maximum atomic E-state index is 13.3. The van der Waals surface area contributed by atoms with E-state index in [9.17, 15) is 22.8 Å². The lowest BCUT2D eigenvalue weighted by molar-refractivity contribution is -0.139. The highest BCUT2D eigenvalue weighted by molar-refractivity contribution is 5.87. The number of hydrogen-bond donors (Lipinski definition) is 1. The van der Waals surface area contributed by atoms with Gasteiger partial charge in [0.2, 0.25) is 11.8 Å². The number of benzene rings is 1. The predicted molar refractivity (Wildman–Crippen MR) is 113 cm³/mol. The molecule has 1 unspecified atom stereocenters. The average Bonchev–Trinajstić information content (AvgIpc) is 3.06. The van der Waals surface area contributed by atoms with E-state index in [-0.39, 0.29) is 16.7 Å². The standard InChI is InChI=1S/C23H29F3N4O2/c1-21(2,3)12-19(31)30-14-22(11-18(30)20(28)32)6-8-29(9-7-22)16-5-4-15(13-27)17(10-16)23(24,25)26/h4-5,10,18H,6-9,11-12,14H2,1-3H3,(H2,28,32). The number of hydrogen-bond acceptors (Lipinski definition) is 4. The quantitative estimate of drug-likeness (QED) is 0.761. The van der Waals surface area contributed by atoms with Crippen molar-refractivity contribution in [1.29, 1.82) is 5.26 Å². The Hall–Kier alpha value is -2.76. The van der Waals surface area contributed by atoms with Crippen molar-refractivity contribution < 1.29 is 22.8 Å². The minimum absolute atomic E-state index is 0.0949. The summed E-state index contributed by atoms with van der Waals surface area (Å²) in [7, 11) is 0. The van der Waals surface area contributed by atoms with Gasteiger partial charge in [0, 0.05) is 31.7 Å². The number of likely N-dealkylation sites (tertiary alicyclic amines) is 1. The van der Waals surface area contributed by atoms with Gasteiger partial charge in [-0.3, -0.25) is 9.59 Å². The molecule has 0 aromatic heterocycles. The van der Waals surface area contributed by atoms with Crippen LogP contribution in [0.2, 0.25) is 0 Å². The summed E-state index contributed by atoms with van der Waals surface area (Å²) in [6.45, 7) is 7.31. The van der Waals surface area contributed by atoms with Crippen molar-refractivity contribution >= 4 is 17.5 Å². The molecule has 1 atom stereocenters. The number of nitrogens with zero attached hydrogens (tertiary/aromatic N) is 3. The number of piperidine rings is 1. The third-order valence-corrected chi connectivity index (χ3v) is 6.46. The topological polar surface area (TPSA) is 90.4 Å². The van der Waals surface area contributed by atoms with E-state index in [1.54, 1.807) is 11.0 Å². The van der Waals surface area contributed by atoms with Crippen LogP contribution < -0.4 is 10.6 Å². The average molecular weight is 451 g/mol. The molecule has 2 amide bonds. The van der Waals surface area contributed by atoms with Crippen LogP contribution in [-0.4, -0.2) is 42.4 Å². The zero-order valence-corrected chi connectivity index (χ0v) is 18.6. The molecule has 2 saturated heterocycles. The van der Waals surface area contributed by atoms with Gasteiger partial charge in [-0.1, -0.05) is 20.8 Å². The summed E-state index contributed by atoms with van der Waals surface area (Å²) in [5.41, 5.74) is 4.19. The Morgan fingerprint density at radius 1 is 1.22 bits per heavy atom. The molecule has 6 nitrogen and oxygen atoms in total. The molecular weight excluding hydrogens is 421 g/mol. The van der Waals surface area contributed by atoms with Crippen LogP contribution in [0.3, 0.4) is 0 Å². The first-order valence-corrected chi connectivity index (χ1v) is 10.7. The van der Waals surface area contributed by atoms with Gasteiger partial charge >= 0.3 is 6.18 Å². The van der Waals surface area contributed by atoms with Gasteiger partial charge in [0.05, 0.1) is 17.2 Å². The zero-order chi connectivity index (χ0) is 23.9. The van der Waals surface area contributed by atoms with E-state index in [4.69, 9.17) is 11.0 Å². The molecule has 2 N–H and O–H groups in total. The van der Waals surface area contributed by atoms with Crippen molar-refractivity contribution in [3.05, 3.63) is 29.3 Å². The molecule has 0 bridgehead atoms. The molecule has 1 aromatic carbocycles. The molecule has 0 aliphatic carbocycles. The minimum Gasteiger partial charge on any atom is -0.371 e. The molecule has 2 aliphatic heterocycles. The predicted octanol–water partition coefficient (Wildman–Crippen LogP) is 3.69. The monoisotopic (exact) mass is 450 g/mol. The lowest BCUT2D eigenvalue weighted by atomic mass is 9.76. The number of halogens is 3. The Morgan fingerprint density at radius 3 is 2.34 bits per heavy atom. The third kappa shape index (κ3) is 5.00. The maximum Gasteiger partial charge on any atom is 0.417 e. The highest BCUT2D eigenvalue weighted by Crippen LogP contribution is 2.45. The van der Waals surface area contributed by atoms with Crippen LogP contribution in [-0.2, 0) is 15.8 Å². The van der Waals surface area contributed by atoms with Crippen molar-refractivity contribution in [2.24, 2.45) is 16.6 Å². The first kappa shape index (κ1) is 23.9. The van der Waals surface area contributed by atoms with Crippen LogP contribution in [0.4, 0.5) is 18.9 Å². The number of nitriles is 1. The largest absolute Gasteiger partial charge is 0.417 e. The lowest BCUT2D eigenvalue weighted by Crippen LogP contribution is -2.45. The van der Waals surface area contributed by atoms with Gasteiger partial charge in [0.1, 0.15) is 6.04 Å².